The maximum absolute atomic E-state index is 6.37. The molecule has 0 spiro atoms. The molecule has 2 heterocycles. The number of imidazole rings is 1. The molecule has 0 N–H and O–H groups in total. The zero-order chi connectivity index (χ0) is 30.0. The van der Waals surface area contributed by atoms with Crippen LogP contribution in [0.25, 0.3) is 22.4 Å². The summed E-state index contributed by atoms with van der Waals surface area (Å²) in [6.07, 6.45) is 4.35. The zero-order valence-electron chi connectivity index (χ0n) is 25.9. The molecule has 0 unspecified atom stereocenters. The summed E-state index contributed by atoms with van der Waals surface area (Å²) in [5.74, 6) is 3.31. The molecule has 43 heavy (non-hydrogen) atoms. The van der Waals surface area contributed by atoms with Crippen LogP contribution < -0.4 is 14.2 Å². The van der Waals surface area contributed by atoms with Crippen molar-refractivity contribution >= 4 is 22.6 Å². The second kappa shape index (κ2) is 15.5. The molecule has 5 rings (SSSR count). The van der Waals surface area contributed by atoms with Gasteiger partial charge in [0.15, 0.2) is 5.75 Å². The molecule has 1 fully saturated rings. The number of rotatable bonds is 16. The number of benzene rings is 3. The van der Waals surface area contributed by atoms with Gasteiger partial charge in [-0.2, -0.15) is 0 Å². The number of hydrogen-bond acceptors (Lipinski definition) is 6. The van der Waals surface area contributed by atoms with Gasteiger partial charge in [-0.25, -0.2) is 4.98 Å². The third-order valence-corrected chi connectivity index (χ3v) is 8.51. The van der Waals surface area contributed by atoms with Gasteiger partial charge in [0, 0.05) is 49.3 Å². The van der Waals surface area contributed by atoms with Crippen molar-refractivity contribution in [2.24, 2.45) is 7.05 Å². The van der Waals surface area contributed by atoms with Crippen molar-refractivity contribution in [2.45, 2.75) is 39.5 Å². The van der Waals surface area contributed by atoms with Crippen molar-refractivity contribution in [3.63, 3.8) is 0 Å². The van der Waals surface area contributed by atoms with Crippen LogP contribution in [-0.4, -0.2) is 78.4 Å². The van der Waals surface area contributed by atoms with Crippen molar-refractivity contribution in [3.05, 3.63) is 71.2 Å². The summed E-state index contributed by atoms with van der Waals surface area (Å²) in [5.41, 5.74) is 4.07. The molecule has 0 bridgehead atoms. The summed E-state index contributed by atoms with van der Waals surface area (Å²) < 4.78 is 20.8. The molecule has 1 saturated heterocycles. The molecule has 8 heteroatoms. The predicted octanol–water partition coefficient (Wildman–Crippen LogP) is 7.10. The molecule has 1 aromatic heterocycles. The fourth-order valence-corrected chi connectivity index (χ4v) is 5.76. The van der Waals surface area contributed by atoms with Crippen molar-refractivity contribution in [2.75, 3.05) is 59.1 Å². The number of aryl methyl sites for hydroxylation is 1. The lowest BCUT2D eigenvalue weighted by Gasteiger charge is -2.18. The van der Waals surface area contributed by atoms with Crippen molar-refractivity contribution in [3.8, 4) is 28.6 Å². The summed E-state index contributed by atoms with van der Waals surface area (Å²) in [4.78, 5) is 9.95. The maximum Gasteiger partial charge on any atom is 0.150 e. The van der Waals surface area contributed by atoms with E-state index in [1.54, 1.807) is 0 Å². The highest BCUT2D eigenvalue weighted by Crippen LogP contribution is 2.34. The molecule has 1 aliphatic heterocycles. The Hall–Kier alpha value is -3.26. The van der Waals surface area contributed by atoms with Crippen molar-refractivity contribution in [1.29, 1.82) is 0 Å². The Morgan fingerprint density at radius 1 is 0.837 bits per heavy atom. The topological polar surface area (TPSA) is 52.0 Å². The molecular weight excluding hydrogens is 560 g/mol. The van der Waals surface area contributed by atoms with Crippen LogP contribution in [0.2, 0.25) is 5.02 Å². The molecular formula is C35H45ClN4O3. The Bertz CT molecular complexity index is 1430. The van der Waals surface area contributed by atoms with Gasteiger partial charge in [-0.1, -0.05) is 37.6 Å². The van der Waals surface area contributed by atoms with Gasteiger partial charge >= 0.3 is 0 Å². The number of aromatic nitrogens is 2. The summed E-state index contributed by atoms with van der Waals surface area (Å²) >= 11 is 6.00. The monoisotopic (exact) mass is 604 g/mol. The summed E-state index contributed by atoms with van der Waals surface area (Å²) in [6, 6.07) is 20.1. The number of likely N-dealkylation sites (tertiary alicyclic amines) is 1. The normalized spacial score (nSPS) is 13.7. The minimum Gasteiger partial charge on any atom is -0.493 e. The van der Waals surface area contributed by atoms with E-state index in [0.717, 1.165) is 83.7 Å². The van der Waals surface area contributed by atoms with Crippen LogP contribution in [0.3, 0.4) is 0 Å². The van der Waals surface area contributed by atoms with Gasteiger partial charge in [0.2, 0.25) is 0 Å². The van der Waals surface area contributed by atoms with E-state index in [9.17, 15) is 0 Å². The Morgan fingerprint density at radius 3 is 2.28 bits per heavy atom. The largest absolute Gasteiger partial charge is 0.493 e. The van der Waals surface area contributed by atoms with Gasteiger partial charge in [0.05, 0.1) is 18.7 Å². The van der Waals surface area contributed by atoms with Gasteiger partial charge < -0.3 is 23.7 Å². The first-order valence-corrected chi connectivity index (χ1v) is 16.1. The number of hydrogen-bond donors (Lipinski definition) is 0. The molecule has 0 aliphatic carbocycles. The third-order valence-electron chi connectivity index (χ3n) is 8.26. The van der Waals surface area contributed by atoms with Gasteiger partial charge in [-0.3, -0.25) is 4.90 Å². The van der Waals surface area contributed by atoms with E-state index >= 15 is 0 Å². The summed E-state index contributed by atoms with van der Waals surface area (Å²) in [6.45, 7) is 12.7. The molecule has 0 radical (unpaired) electrons. The quantitative estimate of drug-likeness (QED) is 0.127. The lowest BCUT2D eigenvalue weighted by Crippen LogP contribution is -2.25. The molecule has 1 aliphatic rings. The lowest BCUT2D eigenvalue weighted by molar-refractivity contribution is 0.234. The van der Waals surface area contributed by atoms with Crippen LogP contribution in [0.15, 0.2) is 60.7 Å². The SMILES string of the molecule is CCN(CC)CCCOc1cc(OCCN2CCCC2)cc2c1nc(-c1ccc(OCCc3ccc(Cl)cc3)cc1)n2C. The van der Waals surface area contributed by atoms with E-state index in [4.69, 9.17) is 30.8 Å². The van der Waals surface area contributed by atoms with Crippen LogP contribution in [-0.2, 0) is 13.5 Å². The van der Waals surface area contributed by atoms with Crippen LogP contribution in [0.5, 0.6) is 17.2 Å². The molecule has 3 aromatic carbocycles. The number of halogens is 1. The number of fused-ring (bicyclic) bond motifs is 1. The standard InChI is InChI=1S/C35H45ClN4O3/c1-4-39(5-2)20-8-22-43-33-26-31(42-24-21-40-18-6-7-19-40)25-32-34(33)37-35(38(32)3)28-11-15-30(16-12-28)41-23-17-27-9-13-29(36)14-10-27/h9-16,25-26H,4-8,17-24H2,1-3H3. The van der Waals surface area contributed by atoms with Crippen LogP contribution in [0.1, 0.15) is 38.7 Å². The van der Waals surface area contributed by atoms with Crippen LogP contribution >= 0.6 is 11.6 Å². The number of nitrogens with zero attached hydrogens (tertiary/aromatic N) is 4. The van der Waals surface area contributed by atoms with Crippen molar-refractivity contribution in [1.82, 2.24) is 19.4 Å². The highest BCUT2D eigenvalue weighted by molar-refractivity contribution is 6.30. The first kappa shape index (κ1) is 31.2. The minimum atomic E-state index is 0.600. The molecule has 0 amide bonds. The molecule has 4 aromatic rings. The Kier molecular flexibility index (Phi) is 11.2. The van der Waals surface area contributed by atoms with Crippen LogP contribution in [0, 0.1) is 0 Å². The van der Waals surface area contributed by atoms with Gasteiger partial charge in [-0.15, -0.1) is 0 Å². The molecule has 0 saturated carbocycles. The Balaban J connectivity index is 1.29. The third kappa shape index (κ3) is 8.43. The van der Waals surface area contributed by atoms with E-state index in [-0.39, 0.29) is 0 Å². The van der Waals surface area contributed by atoms with E-state index in [1.165, 1.54) is 31.5 Å². The Morgan fingerprint density at radius 2 is 1.56 bits per heavy atom. The molecule has 230 valence electrons. The first-order valence-electron chi connectivity index (χ1n) is 15.7. The molecule has 7 nitrogen and oxygen atoms in total. The van der Waals surface area contributed by atoms with E-state index in [0.29, 0.717) is 19.8 Å². The molecule has 0 atom stereocenters. The second-order valence-electron chi connectivity index (χ2n) is 11.2. The van der Waals surface area contributed by atoms with Gasteiger partial charge in [-0.05, 0) is 87.4 Å². The minimum absolute atomic E-state index is 0.600. The fourth-order valence-electron chi connectivity index (χ4n) is 5.63. The highest BCUT2D eigenvalue weighted by atomic mass is 35.5. The van der Waals surface area contributed by atoms with E-state index < -0.39 is 0 Å². The van der Waals surface area contributed by atoms with Gasteiger partial charge in [0.1, 0.15) is 29.4 Å². The number of ether oxygens (including phenoxy) is 3. The fraction of sp³-hybridized carbons (Fsp3) is 0.457. The average molecular weight is 605 g/mol. The summed E-state index contributed by atoms with van der Waals surface area (Å²) in [7, 11) is 2.05. The van der Waals surface area contributed by atoms with Crippen molar-refractivity contribution < 1.29 is 14.2 Å². The van der Waals surface area contributed by atoms with E-state index in [1.807, 2.05) is 42.5 Å². The maximum atomic E-state index is 6.37. The summed E-state index contributed by atoms with van der Waals surface area (Å²) in [5, 5.41) is 0.748. The van der Waals surface area contributed by atoms with Crippen LogP contribution in [0.4, 0.5) is 0 Å². The smallest absolute Gasteiger partial charge is 0.150 e. The zero-order valence-corrected chi connectivity index (χ0v) is 26.6. The average Bonchev–Trinajstić information content (AvgIpc) is 3.67. The van der Waals surface area contributed by atoms with E-state index in [2.05, 4.69) is 53.5 Å². The lowest BCUT2D eigenvalue weighted by atomic mass is 10.2. The van der Waals surface area contributed by atoms with Gasteiger partial charge in [0.25, 0.3) is 0 Å². The Labute approximate surface area is 261 Å². The highest BCUT2D eigenvalue weighted by Gasteiger charge is 2.17. The first-order chi connectivity index (χ1) is 21.0. The predicted molar refractivity (Wildman–Crippen MR) is 176 cm³/mol. The second-order valence-corrected chi connectivity index (χ2v) is 11.6.